The van der Waals surface area contributed by atoms with E-state index in [0.717, 1.165) is 10.4 Å². The highest BCUT2D eigenvalue weighted by Crippen LogP contribution is 2.44. The van der Waals surface area contributed by atoms with Crippen molar-refractivity contribution in [3.8, 4) is 0 Å². The number of aliphatic hydroxyl groups excluding tert-OH is 1. The van der Waals surface area contributed by atoms with Gasteiger partial charge in [0.15, 0.2) is 0 Å². The maximum absolute atomic E-state index is 13.0. The van der Waals surface area contributed by atoms with Crippen LogP contribution in [0.3, 0.4) is 0 Å². The summed E-state index contributed by atoms with van der Waals surface area (Å²) >= 11 is 7.50. The highest BCUT2D eigenvalue weighted by molar-refractivity contribution is 7.10. The highest BCUT2D eigenvalue weighted by atomic mass is 35.5. The van der Waals surface area contributed by atoms with E-state index in [2.05, 4.69) is 0 Å². The molecule has 0 bridgehead atoms. The van der Waals surface area contributed by atoms with E-state index in [4.69, 9.17) is 11.6 Å². The first kappa shape index (κ1) is 18.5. The molecule has 1 unspecified atom stereocenters. The number of carbonyl (C=O) groups is 2. The van der Waals surface area contributed by atoms with Gasteiger partial charge in [-0.3, -0.25) is 14.5 Å². The number of thiophene rings is 1. The highest BCUT2D eigenvalue weighted by Gasteiger charge is 2.47. The van der Waals surface area contributed by atoms with Gasteiger partial charge in [-0.15, -0.1) is 11.3 Å². The molecule has 1 fully saturated rings. The van der Waals surface area contributed by atoms with Crippen LogP contribution in [0.15, 0.2) is 71.6 Å². The summed E-state index contributed by atoms with van der Waals surface area (Å²) < 4.78 is 0. The molecule has 2 heterocycles. The minimum atomic E-state index is -0.709. The van der Waals surface area contributed by atoms with E-state index in [1.165, 1.54) is 16.2 Å². The van der Waals surface area contributed by atoms with Gasteiger partial charge in [-0.25, -0.2) is 0 Å². The number of hydrogen-bond donors (Lipinski definition) is 1. The summed E-state index contributed by atoms with van der Waals surface area (Å²) in [4.78, 5) is 28.2. The quantitative estimate of drug-likeness (QED) is 0.361. The second-order valence-corrected chi connectivity index (χ2v) is 7.87. The molecule has 4 nitrogen and oxygen atoms in total. The molecular weight excluding hydrogens is 394 g/mol. The molecular formula is C22H16ClNO3S. The third-order valence-electron chi connectivity index (χ3n) is 4.73. The SMILES string of the molecule is Cc1ccsc1C1/C(=C(/O)c2cccc(Cl)c2)C(=O)C(=O)N1c1ccccc1. The lowest BCUT2D eigenvalue weighted by atomic mass is 9.98. The molecule has 1 atom stereocenters. The van der Waals surface area contributed by atoms with Gasteiger partial charge >= 0.3 is 0 Å². The van der Waals surface area contributed by atoms with Crippen LogP contribution in [0.4, 0.5) is 5.69 Å². The van der Waals surface area contributed by atoms with E-state index < -0.39 is 17.7 Å². The third-order valence-corrected chi connectivity index (χ3v) is 6.03. The van der Waals surface area contributed by atoms with Gasteiger partial charge in [-0.05, 0) is 48.2 Å². The van der Waals surface area contributed by atoms with Gasteiger partial charge < -0.3 is 5.11 Å². The summed E-state index contributed by atoms with van der Waals surface area (Å²) in [7, 11) is 0. The molecule has 140 valence electrons. The standard InChI is InChI=1S/C22H16ClNO3S/c1-13-10-11-28-21(13)18-17(19(25)14-6-5-7-15(23)12-14)20(26)22(27)24(18)16-8-3-2-4-9-16/h2-12,18,25H,1H3/b19-17-. The van der Waals surface area contributed by atoms with E-state index in [9.17, 15) is 14.7 Å². The third kappa shape index (κ3) is 3.03. The van der Waals surface area contributed by atoms with Crippen molar-refractivity contribution in [3.05, 3.63) is 92.6 Å². The number of rotatable bonds is 3. The number of amides is 1. The normalized spacial score (nSPS) is 18.6. The molecule has 1 aromatic heterocycles. The number of aryl methyl sites for hydroxylation is 1. The number of carbonyl (C=O) groups excluding carboxylic acids is 2. The van der Waals surface area contributed by atoms with E-state index in [0.29, 0.717) is 16.3 Å². The summed E-state index contributed by atoms with van der Waals surface area (Å²) in [6.45, 7) is 1.93. The van der Waals surface area contributed by atoms with Gasteiger partial charge in [-0.1, -0.05) is 41.9 Å². The van der Waals surface area contributed by atoms with Crippen molar-refractivity contribution in [2.75, 3.05) is 4.90 Å². The van der Waals surface area contributed by atoms with Gasteiger partial charge in [0.1, 0.15) is 11.8 Å². The number of benzene rings is 2. The Morgan fingerprint density at radius 2 is 1.82 bits per heavy atom. The predicted molar refractivity (Wildman–Crippen MR) is 112 cm³/mol. The molecule has 0 aliphatic carbocycles. The number of anilines is 1. The molecule has 6 heteroatoms. The lowest BCUT2D eigenvalue weighted by Gasteiger charge is -2.25. The van der Waals surface area contributed by atoms with Gasteiger partial charge in [0.25, 0.3) is 11.7 Å². The lowest BCUT2D eigenvalue weighted by Crippen LogP contribution is -2.29. The van der Waals surface area contributed by atoms with Crippen molar-refractivity contribution in [2.24, 2.45) is 0 Å². The Kier molecular flexibility index (Phi) is 4.79. The van der Waals surface area contributed by atoms with E-state index in [-0.39, 0.29) is 11.3 Å². The van der Waals surface area contributed by atoms with Gasteiger partial charge in [0, 0.05) is 21.2 Å². The predicted octanol–water partition coefficient (Wildman–Crippen LogP) is 5.34. The molecule has 0 spiro atoms. The summed E-state index contributed by atoms with van der Waals surface area (Å²) in [6, 6.07) is 16.9. The summed E-state index contributed by atoms with van der Waals surface area (Å²) in [5, 5.41) is 13.3. The van der Waals surface area contributed by atoms with Gasteiger partial charge in [0.05, 0.1) is 5.57 Å². The van der Waals surface area contributed by atoms with Crippen molar-refractivity contribution < 1.29 is 14.7 Å². The van der Waals surface area contributed by atoms with Crippen molar-refractivity contribution >= 4 is 46.1 Å². The zero-order chi connectivity index (χ0) is 19.8. The van der Waals surface area contributed by atoms with Crippen molar-refractivity contribution in [1.29, 1.82) is 0 Å². The fraction of sp³-hybridized carbons (Fsp3) is 0.0909. The first-order valence-electron chi connectivity index (χ1n) is 8.65. The summed E-state index contributed by atoms with van der Waals surface area (Å²) in [6.07, 6.45) is 0. The van der Waals surface area contributed by atoms with Crippen molar-refractivity contribution in [1.82, 2.24) is 0 Å². The summed E-state index contributed by atoms with van der Waals surface area (Å²) in [5.74, 6) is -1.59. The maximum Gasteiger partial charge on any atom is 0.300 e. The largest absolute Gasteiger partial charge is 0.507 e. The number of hydrogen-bond acceptors (Lipinski definition) is 4. The maximum atomic E-state index is 13.0. The molecule has 4 rings (SSSR count). The minimum Gasteiger partial charge on any atom is -0.507 e. The molecule has 28 heavy (non-hydrogen) atoms. The zero-order valence-corrected chi connectivity index (χ0v) is 16.5. The molecule has 1 saturated heterocycles. The zero-order valence-electron chi connectivity index (χ0n) is 14.9. The average molecular weight is 410 g/mol. The number of halogens is 1. The Morgan fingerprint density at radius 3 is 2.46 bits per heavy atom. The number of ketones is 1. The van der Waals surface area contributed by atoms with E-state index in [1.54, 1.807) is 36.4 Å². The van der Waals surface area contributed by atoms with Gasteiger partial charge in [0.2, 0.25) is 0 Å². The van der Waals surface area contributed by atoms with Crippen molar-refractivity contribution in [2.45, 2.75) is 13.0 Å². The summed E-state index contributed by atoms with van der Waals surface area (Å²) in [5.41, 5.74) is 2.03. The number of nitrogens with zero attached hydrogens (tertiary/aromatic N) is 1. The van der Waals surface area contributed by atoms with Gasteiger partial charge in [-0.2, -0.15) is 0 Å². The molecule has 1 aliphatic heterocycles. The smallest absolute Gasteiger partial charge is 0.300 e. The molecule has 2 aromatic carbocycles. The Balaban J connectivity index is 1.97. The number of aliphatic hydroxyl groups is 1. The molecule has 1 N–H and O–H groups in total. The van der Waals surface area contributed by atoms with Crippen LogP contribution in [0, 0.1) is 6.92 Å². The van der Waals surface area contributed by atoms with Crippen LogP contribution in [0.25, 0.3) is 5.76 Å². The Bertz CT molecular complexity index is 1100. The number of Topliss-reactive ketones (excluding diaryl/α,β-unsaturated/α-hetero) is 1. The van der Waals surface area contributed by atoms with Crippen LogP contribution >= 0.6 is 22.9 Å². The molecule has 1 aliphatic rings. The van der Waals surface area contributed by atoms with Crippen LogP contribution in [-0.4, -0.2) is 16.8 Å². The lowest BCUT2D eigenvalue weighted by molar-refractivity contribution is -0.132. The van der Waals surface area contributed by atoms with Crippen LogP contribution in [0.2, 0.25) is 5.02 Å². The Morgan fingerprint density at radius 1 is 1.07 bits per heavy atom. The topological polar surface area (TPSA) is 57.6 Å². The van der Waals surface area contributed by atoms with Crippen LogP contribution < -0.4 is 4.90 Å². The van der Waals surface area contributed by atoms with E-state index in [1.807, 2.05) is 36.6 Å². The first-order valence-corrected chi connectivity index (χ1v) is 9.91. The Hall–Kier alpha value is -2.89. The molecule has 0 radical (unpaired) electrons. The van der Waals surface area contributed by atoms with Crippen LogP contribution in [-0.2, 0) is 9.59 Å². The van der Waals surface area contributed by atoms with Crippen molar-refractivity contribution in [3.63, 3.8) is 0 Å². The minimum absolute atomic E-state index is 0.0710. The van der Waals surface area contributed by atoms with Crippen LogP contribution in [0.5, 0.6) is 0 Å². The fourth-order valence-corrected chi connectivity index (χ4v) is 4.61. The Labute approximate surface area is 171 Å². The second-order valence-electron chi connectivity index (χ2n) is 6.48. The first-order chi connectivity index (χ1) is 13.5. The molecule has 0 saturated carbocycles. The average Bonchev–Trinajstić information content (AvgIpc) is 3.23. The number of para-hydroxylation sites is 1. The van der Waals surface area contributed by atoms with Crippen LogP contribution in [0.1, 0.15) is 22.0 Å². The second kappa shape index (κ2) is 7.26. The fourth-order valence-electron chi connectivity index (χ4n) is 3.39. The van der Waals surface area contributed by atoms with E-state index >= 15 is 0 Å². The monoisotopic (exact) mass is 409 g/mol. The molecule has 3 aromatic rings. The molecule has 1 amide bonds.